The summed E-state index contributed by atoms with van der Waals surface area (Å²) in [6, 6.07) is 4.96. The van der Waals surface area contributed by atoms with Crippen LogP contribution in [0, 0.1) is 15.9 Å². The molecule has 0 atom stereocenters. The van der Waals surface area contributed by atoms with Crippen LogP contribution in [-0.4, -0.2) is 18.3 Å². The zero-order chi connectivity index (χ0) is 15.6. The number of hydrogen-bond acceptors (Lipinski definition) is 6. The highest BCUT2D eigenvalue weighted by molar-refractivity contribution is 7.92. The number of pyridine rings is 1. The van der Waals surface area contributed by atoms with Crippen molar-refractivity contribution in [2.75, 3.05) is 10.5 Å². The molecule has 0 aliphatic carbocycles. The summed E-state index contributed by atoms with van der Waals surface area (Å²) in [5, 5.41) is 10.6. The first-order chi connectivity index (χ1) is 9.79. The molecule has 110 valence electrons. The average Bonchev–Trinajstić information content (AvgIpc) is 2.41. The first-order valence-electron chi connectivity index (χ1n) is 5.48. The van der Waals surface area contributed by atoms with Gasteiger partial charge in [0.05, 0.1) is 10.6 Å². The third-order valence-electron chi connectivity index (χ3n) is 2.47. The Labute approximate surface area is 118 Å². The van der Waals surface area contributed by atoms with Crippen LogP contribution >= 0.6 is 0 Å². The summed E-state index contributed by atoms with van der Waals surface area (Å²) in [4.78, 5) is 13.2. The van der Waals surface area contributed by atoms with E-state index < -0.39 is 32.1 Å². The van der Waals surface area contributed by atoms with Crippen molar-refractivity contribution >= 4 is 27.2 Å². The minimum Gasteiger partial charge on any atom is -0.384 e. The summed E-state index contributed by atoms with van der Waals surface area (Å²) in [6.07, 6.45) is 0.993. The second kappa shape index (κ2) is 5.32. The molecule has 21 heavy (non-hydrogen) atoms. The molecule has 0 unspecified atom stereocenters. The summed E-state index contributed by atoms with van der Waals surface area (Å²) in [6.45, 7) is 0. The van der Waals surface area contributed by atoms with Crippen molar-refractivity contribution in [3.8, 4) is 0 Å². The summed E-state index contributed by atoms with van der Waals surface area (Å²) in [7, 11) is -4.13. The molecule has 0 saturated heterocycles. The fourth-order valence-electron chi connectivity index (χ4n) is 1.46. The second-order valence-electron chi connectivity index (χ2n) is 3.95. The number of nitrogens with zero attached hydrogens (tertiary/aromatic N) is 2. The number of sulfonamides is 1. The van der Waals surface area contributed by atoms with Gasteiger partial charge in [-0.1, -0.05) is 0 Å². The summed E-state index contributed by atoms with van der Waals surface area (Å²) < 4.78 is 39.5. The van der Waals surface area contributed by atoms with E-state index in [1.807, 2.05) is 4.72 Å². The smallest absolute Gasteiger partial charge is 0.271 e. The molecule has 1 aromatic carbocycles. The van der Waals surface area contributed by atoms with Gasteiger partial charge in [0.25, 0.3) is 15.7 Å². The van der Waals surface area contributed by atoms with Crippen molar-refractivity contribution in [3.63, 3.8) is 0 Å². The van der Waals surface area contributed by atoms with Crippen molar-refractivity contribution in [1.82, 2.24) is 4.98 Å². The zero-order valence-electron chi connectivity index (χ0n) is 10.4. The fraction of sp³-hybridized carbons (Fsp3) is 0. The number of non-ortho nitro benzene ring substituents is 1. The third kappa shape index (κ3) is 3.23. The van der Waals surface area contributed by atoms with Gasteiger partial charge in [0.2, 0.25) is 0 Å². The Morgan fingerprint density at radius 1 is 1.29 bits per heavy atom. The van der Waals surface area contributed by atoms with Crippen molar-refractivity contribution in [1.29, 1.82) is 0 Å². The van der Waals surface area contributed by atoms with Crippen LogP contribution in [0.25, 0.3) is 0 Å². The highest BCUT2D eigenvalue weighted by atomic mass is 32.2. The molecule has 2 rings (SSSR count). The van der Waals surface area contributed by atoms with Crippen molar-refractivity contribution in [3.05, 3.63) is 52.5 Å². The van der Waals surface area contributed by atoms with Crippen LogP contribution < -0.4 is 10.5 Å². The van der Waals surface area contributed by atoms with Crippen LogP contribution in [0.5, 0.6) is 0 Å². The Kier molecular flexibility index (Phi) is 3.72. The topological polar surface area (TPSA) is 128 Å². The van der Waals surface area contributed by atoms with Crippen LogP contribution in [0.1, 0.15) is 0 Å². The summed E-state index contributed by atoms with van der Waals surface area (Å²) in [5.41, 5.74) is 4.37. The molecule has 1 aromatic heterocycles. The van der Waals surface area contributed by atoms with Crippen LogP contribution in [0.15, 0.2) is 41.4 Å². The predicted molar refractivity (Wildman–Crippen MR) is 72.5 cm³/mol. The van der Waals surface area contributed by atoms with Crippen LogP contribution in [0.2, 0.25) is 0 Å². The molecule has 0 spiro atoms. The van der Waals surface area contributed by atoms with Gasteiger partial charge in [-0.05, 0) is 18.2 Å². The summed E-state index contributed by atoms with van der Waals surface area (Å²) >= 11 is 0. The van der Waals surface area contributed by atoms with Gasteiger partial charge < -0.3 is 5.73 Å². The maximum Gasteiger partial charge on any atom is 0.271 e. The molecule has 8 nitrogen and oxygen atoms in total. The van der Waals surface area contributed by atoms with E-state index in [0.29, 0.717) is 0 Å². The van der Waals surface area contributed by atoms with E-state index in [1.54, 1.807) is 0 Å². The quantitative estimate of drug-likeness (QED) is 0.650. The van der Waals surface area contributed by atoms with Crippen LogP contribution in [-0.2, 0) is 10.0 Å². The highest BCUT2D eigenvalue weighted by Gasteiger charge is 2.19. The van der Waals surface area contributed by atoms with Gasteiger partial charge in [-0.2, -0.15) is 0 Å². The molecular weight excluding hydrogens is 303 g/mol. The van der Waals surface area contributed by atoms with Gasteiger partial charge in [-0.15, -0.1) is 0 Å². The minimum atomic E-state index is -4.13. The van der Waals surface area contributed by atoms with E-state index in [2.05, 4.69) is 4.98 Å². The average molecular weight is 312 g/mol. The number of benzene rings is 1. The maximum absolute atomic E-state index is 13.6. The van der Waals surface area contributed by atoms with Gasteiger partial charge in [0.15, 0.2) is 0 Å². The number of aromatic nitrogens is 1. The van der Waals surface area contributed by atoms with Gasteiger partial charge in [0, 0.05) is 18.3 Å². The molecule has 10 heteroatoms. The minimum absolute atomic E-state index is 0.121. The van der Waals surface area contributed by atoms with Crippen molar-refractivity contribution in [2.45, 2.75) is 4.90 Å². The monoisotopic (exact) mass is 312 g/mol. The Bertz CT molecular complexity index is 792. The van der Waals surface area contributed by atoms with Gasteiger partial charge in [0.1, 0.15) is 16.5 Å². The molecule has 0 bridgehead atoms. The molecule has 0 radical (unpaired) electrons. The Morgan fingerprint density at radius 3 is 2.57 bits per heavy atom. The molecule has 0 aliphatic heterocycles. The van der Waals surface area contributed by atoms with E-state index in [1.165, 1.54) is 12.1 Å². The molecular formula is C11H9FN4O4S. The summed E-state index contributed by atoms with van der Waals surface area (Å²) in [5.74, 6) is -0.817. The predicted octanol–water partition coefficient (Wildman–Crippen LogP) is 1.51. The molecule has 0 amide bonds. The number of nitro groups is 1. The SMILES string of the molecule is Nc1ccc(S(=O)(=O)Nc2cc([N+](=O)[O-])ccc2F)cn1. The highest BCUT2D eigenvalue weighted by Crippen LogP contribution is 2.24. The zero-order valence-corrected chi connectivity index (χ0v) is 11.2. The maximum atomic E-state index is 13.6. The van der Waals surface area contributed by atoms with Crippen LogP contribution in [0.3, 0.4) is 0 Å². The molecule has 0 saturated carbocycles. The number of hydrogen-bond donors (Lipinski definition) is 2. The van der Waals surface area contributed by atoms with Gasteiger partial charge >= 0.3 is 0 Å². The third-order valence-corrected chi connectivity index (χ3v) is 3.83. The van der Waals surface area contributed by atoms with Gasteiger partial charge in [-0.25, -0.2) is 17.8 Å². The first-order valence-corrected chi connectivity index (χ1v) is 6.96. The number of nitrogens with two attached hydrogens (primary N) is 1. The normalized spacial score (nSPS) is 11.1. The van der Waals surface area contributed by atoms with E-state index in [-0.39, 0.29) is 10.7 Å². The number of nitrogens with one attached hydrogen (secondary N) is 1. The fourth-order valence-corrected chi connectivity index (χ4v) is 2.46. The van der Waals surface area contributed by atoms with Crippen molar-refractivity contribution in [2.24, 2.45) is 0 Å². The Balaban J connectivity index is 2.38. The number of halogens is 1. The molecule has 1 heterocycles. The van der Waals surface area contributed by atoms with Crippen molar-refractivity contribution < 1.29 is 17.7 Å². The number of nitrogen functional groups attached to an aromatic ring is 1. The molecule has 0 aliphatic rings. The number of nitro benzene ring substituents is 1. The number of rotatable bonds is 4. The lowest BCUT2D eigenvalue weighted by atomic mass is 10.3. The molecule has 2 aromatic rings. The second-order valence-corrected chi connectivity index (χ2v) is 5.63. The van der Waals surface area contributed by atoms with Crippen LogP contribution in [0.4, 0.5) is 21.6 Å². The Hall–Kier alpha value is -2.75. The standard InChI is InChI=1S/C11H9FN4O4S/c12-9-3-1-7(16(17)18)5-10(9)15-21(19,20)8-2-4-11(13)14-6-8/h1-6,15H,(H2,13,14). The Morgan fingerprint density at radius 2 is 2.00 bits per heavy atom. The van der Waals surface area contributed by atoms with E-state index in [0.717, 1.165) is 24.4 Å². The van der Waals surface area contributed by atoms with Gasteiger partial charge in [-0.3, -0.25) is 14.8 Å². The molecule has 3 N–H and O–H groups in total. The van der Waals surface area contributed by atoms with E-state index >= 15 is 0 Å². The lowest BCUT2D eigenvalue weighted by molar-refractivity contribution is -0.384. The molecule has 0 fully saturated rings. The lowest BCUT2D eigenvalue weighted by Gasteiger charge is -2.08. The lowest BCUT2D eigenvalue weighted by Crippen LogP contribution is -2.14. The largest absolute Gasteiger partial charge is 0.384 e. The van der Waals surface area contributed by atoms with E-state index in [4.69, 9.17) is 5.73 Å². The first kappa shape index (κ1) is 14.7. The van der Waals surface area contributed by atoms with E-state index in [9.17, 15) is 22.9 Å². The number of anilines is 2.